The first-order valence-electron chi connectivity index (χ1n) is 11.2. The first kappa shape index (κ1) is 21.9. The number of rotatable bonds is 6. The number of piperidine rings is 1. The summed E-state index contributed by atoms with van der Waals surface area (Å²) in [5.41, 5.74) is 4.15. The van der Waals surface area contributed by atoms with Crippen molar-refractivity contribution in [2.75, 3.05) is 32.6 Å². The van der Waals surface area contributed by atoms with Crippen molar-refractivity contribution in [1.82, 2.24) is 9.88 Å². The quantitative estimate of drug-likeness (QED) is 0.562. The van der Waals surface area contributed by atoms with Crippen LogP contribution in [-0.2, 0) is 6.42 Å². The van der Waals surface area contributed by atoms with Crippen LogP contribution in [-0.4, -0.2) is 43.1 Å². The Morgan fingerprint density at radius 1 is 1.16 bits per heavy atom. The van der Waals surface area contributed by atoms with Crippen LogP contribution in [0.3, 0.4) is 0 Å². The maximum absolute atomic E-state index is 13.4. The molecule has 1 aromatic heterocycles. The van der Waals surface area contributed by atoms with Gasteiger partial charge in [0.25, 0.3) is 5.91 Å². The van der Waals surface area contributed by atoms with E-state index in [2.05, 4.69) is 31.3 Å². The molecule has 1 aliphatic rings. The van der Waals surface area contributed by atoms with Crippen molar-refractivity contribution in [2.24, 2.45) is 5.92 Å². The minimum Gasteiger partial charge on any atom is -0.493 e. The van der Waals surface area contributed by atoms with E-state index in [1.807, 2.05) is 35.2 Å². The molecule has 0 aliphatic carbocycles. The number of likely N-dealkylation sites (tertiary alicyclic amines) is 1. The third kappa shape index (κ3) is 4.49. The van der Waals surface area contributed by atoms with Crippen LogP contribution in [0.4, 0.5) is 11.4 Å². The molecule has 1 amide bonds. The second-order valence-electron chi connectivity index (χ2n) is 8.46. The lowest BCUT2D eigenvalue weighted by Crippen LogP contribution is -2.39. The van der Waals surface area contributed by atoms with Gasteiger partial charge in [0, 0.05) is 30.2 Å². The molecule has 6 nitrogen and oxygen atoms in total. The van der Waals surface area contributed by atoms with E-state index in [0.717, 1.165) is 49.1 Å². The third-order valence-corrected chi connectivity index (χ3v) is 6.09. The monoisotopic (exact) mass is 433 g/mol. The van der Waals surface area contributed by atoms with Gasteiger partial charge in [0.1, 0.15) is 5.69 Å². The smallest absolute Gasteiger partial charge is 0.272 e. The van der Waals surface area contributed by atoms with E-state index in [1.165, 1.54) is 5.56 Å². The number of hydrogen-bond donors (Lipinski definition) is 1. The number of pyridine rings is 1. The number of benzene rings is 2. The fourth-order valence-corrected chi connectivity index (χ4v) is 4.33. The Hall–Kier alpha value is -3.28. The molecule has 0 bridgehead atoms. The molecular formula is C26H31N3O3. The standard InChI is InChI=1S/C26H31N3O3/c1-5-18-9-6-10-19(12-18)27-21-14-23(26(30)29-11-7-8-17(2)16-29)28-22-15-25(32-4)24(31-3)13-20(21)22/h6,9-10,12-15,17H,5,7-8,11,16H2,1-4H3,(H,27,28). The third-order valence-electron chi connectivity index (χ3n) is 6.09. The molecule has 1 atom stereocenters. The van der Waals surface area contributed by atoms with Crippen molar-refractivity contribution >= 4 is 28.2 Å². The SMILES string of the molecule is CCc1cccc(Nc2cc(C(=O)N3CCCC(C)C3)nc3cc(OC)c(OC)cc23)c1. The number of nitrogens with one attached hydrogen (secondary N) is 1. The first-order chi connectivity index (χ1) is 15.5. The van der Waals surface area contributed by atoms with Crippen molar-refractivity contribution in [1.29, 1.82) is 0 Å². The van der Waals surface area contributed by atoms with Gasteiger partial charge >= 0.3 is 0 Å². The fourth-order valence-electron chi connectivity index (χ4n) is 4.33. The molecule has 1 unspecified atom stereocenters. The maximum atomic E-state index is 13.4. The van der Waals surface area contributed by atoms with Gasteiger partial charge in [-0.3, -0.25) is 4.79 Å². The van der Waals surface area contributed by atoms with Crippen molar-refractivity contribution < 1.29 is 14.3 Å². The minimum atomic E-state index is -0.0291. The van der Waals surface area contributed by atoms with E-state index in [4.69, 9.17) is 14.5 Å². The molecule has 3 aromatic rings. The number of hydrogen-bond acceptors (Lipinski definition) is 5. The molecular weight excluding hydrogens is 402 g/mol. The molecule has 2 aromatic carbocycles. The number of nitrogens with zero attached hydrogens (tertiary/aromatic N) is 2. The molecule has 1 aliphatic heterocycles. The lowest BCUT2D eigenvalue weighted by Gasteiger charge is -2.30. The number of carbonyl (C=O) groups is 1. The summed E-state index contributed by atoms with van der Waals surface area (Å²) in [5.74, 6) is 1.68. The van der Waals surface area contributed by atoms with Crippen LogP contribution in [0.2, 0.25) is 0 Å². The Morgan fingerprint density at radius 3 is 2.66 bits per heavy atom. The van der Waals surface area contributed by atoms with Crippen molar-refractivity contribution in [3.63, 3.8) is 0 Å². The van der Waals surface area contributed by atoms with Crippen LogP contribution in [0, 0.1) is 5.92 Å². The Labute approximate surface area is 189 Å². The lowest BCUT2D eigenvalue weighted by atomic mass is 10.00. The zero-order valence-corrected chi connectivity index (χ0v) is 19.3. The van der Waals surface area contributed by atoms with E-state index in [0.29, 0.717) is 28.6 Å². The molecule has 168 valence electrons. The van der Waals surface area contributed by atoms with Crippen LogP contribution in [0.5, 0.6) is 11.5 Å². The lowest BCUT2D eigenvalue weighted by molar-refractivity contribution is 0.0677. The van der Waals surface area contributed by atoms with E-state index in [1.54, 1.807) is 14.2 Å². The van der Waals surface area contributed by atoms with E-state index < -0.39 is 0 Å². The number of aryl methyl sites for hydroxylation is 1. The van der Waals surface area contributed by atoms with E-state index >= 15 is 0 Å². The van der Waals surface area contributed by atoms with Gasteiger partial charge in [0.05, 0.1) is 25.4 Å². The number of aromatic nitrogens is 1. The Morgan fingerprint density at radius 2 is 1.94 bits per heavy atom. The topological polar surface area (TPSA) is 63.7 Å². The largest absolute Gasteiger partial charge is 0.493 e. The molecule has 0 radical (unpaired) electrons. The van der Waals surface area contributed by atoms with Gasteiger partial charge in [0.15, 0.2) is 11.5 Å². The van der Waals surface area contributed by atoms with Gasteiger partial charge in [-0.2, -0.15) is 0 Å². The number of methoxy groups -OCH3 is 2. The number of anilines is 2. The average Bonchev–Trinajstić information content (AvgIpc) is 2.82. The second kappa shape index (κ2) is 9.47. The molecule has 2 heterocycles. The molecule has 32 heavy (non-hydrogen) atoms. The van der Waals surface area contributed by atoms with Crippen LogP contribution in [0.1, 0.15) is 42.7 Å². The fraction of sp³-hybridized carbons (Fsp3) is 0.385. The predicted octanol–water partition coefficient (Wildman–Crippen LogP) is 5.43. The zero-order valence-electron chi connectivity index (χ0n) is 19.3. The summed E-state index contributed by atoms with van der Waals surface area (Å²) >= 11 is 0. The molecule has 1 fully saturated rings. The van der Waals surface area contributed by atoms with Gasteiger partial charge in [-0.05, 0) is 55.0 Å². The Kier molecular flexibility index (Phi) is 6.49. The van der Waals surface area contributed by atoms with Crippen molar-refractivity contribution in [3.8, 4) is 11.5 Å². The van der Waals surface area contributed by atoms with Crippen molar-refractivity contribution in [2.45, 2.75) is 33.1 Å². The Balaban J connectivity index is 1.81. The summed E-state index contributed by atoms with van der Waals surface area (Å²) in [6.45, 7) is 5.87. The summed E-state index contributed by atoms with van der Waals surface area (Å²) in [6.07, 6.45) is 3.14. The number of fused-ring (bicyclic) bond motifs is 1. The minimum absolute atomic E-state index is 0.0291. The van der Waals surface area contributed by atoms with Gasteiger partial charge in [-0.15, -0.1) is 0 Å². The van der Waals surface area contributed by atoms with E-state index in [-0.39, 0.29) is 5.91 Å². The van der Waals surface area contributed by atoms with E-state index in [9.17, 15) is 4.79 Å². The normalized spacial score (nSPS) is 16.1. The first-order valence-corrected chi connectivity index (χ1v) is 11.2. The molecule has 1 N–H and O–H groups in total. The summed E-state index contributed by atoms with van der Waals surface area (Å²) in [4.78, 5) is 20.0. The molecule has 6 heteroatoms. The van der Waals surface area contributed by atoms with Crippen LogP contribution in [0.25, 0.3) is 10.9 Å². The highest BCUT2D eigenvalue weighted by molar-refractivity contribution is 6.01. The second-order valence-corrected chi connectivity index (χ2v) is 8.46. The zero-order chi connectivity index (χ0) is 22.7. The summed E-state index contributed by atoms with van der Waals surface area (Å²) in [6, 6.07) is 13.9. The summed E-state index contributed by atoms with van der Waals surface area (Å²) in [7, 11) is 3.22. The molecule has 0 saturated carbocycles. The number of amides is 1. The van der Waals surface area contributed by atoms with Crippen LogP contribution >= 0.6 is 0 Å². The summed E-state index contributed by atoms with van der Waals surface area (Å²) < 4.78 is 11.0. The molecule has 1 saturated heterocycles. The molecule has 0 spiro atoms. The highest BCUT2D eigenvalue weighted by Gasteiger charge is 2.24. The van der Waals surface area contributed by atoms with Gasteiger partial charge in [0.2, 0.25) is 0 Å². The van der Waals surface area contributed by atoms with Gasteiger partial charge < -0.3 is 19.7 Å². The maximum Gasteiger partial charge on any atom is 0.272 e. The van der Waals surface area contributed by atoms with Gasteiger partial charge in [-0.25, -0.2) is 4.98 Å². The highest BCUT2D eigenvalue weighted by Crippen LogP contribution is 2.36. The van der Waals surface area contributed by atoms with Gasteiger partial charge in [-0.1, -0.05) is 26.0 Å². The molecule has 4 rings (SSSR count). The van der Waals surface area contributed by atoms with Crippen molar-refractivity contribution in [3.05, 3.63) is 53.7 Å². The predicted molar refractivity (Wildman–Crippen MR) is 128 cm³/mol. The average molecular weight is 434 g/mol. The van der Waals surface area contributed by atoms with Crippen LogP contribution < -0.4 is 14.8 Å². The number of carbonyl (C=O) groups excluding carboxylic acids is 1. The number of ether oxygens (including phenoxy) is 2. The Bertz CT molecular complexity index is 1130. The highest BCUT2D eigenvalue weighted by atomic mass is 16.5. The summed E-state index contributed by atoms with van der Waals surface area (Å²) in [5, 5.41) is 4.38. The van der Waals surface area contributed by atoms with Crippen LogP contribution in [0.15, 0.2) is 42.5 Å².